The van der Waals surface area contributed by atoms with Crippen LogP contribution in [-0.4, -0.2) is 6.54 Å². The van der Waals surface area contributed by atoms with Crippen molar-refractivity contribution in [2.75, 3.05) is 6.54 Å². The molecule has 1 aromatic heterocycles. The molecular weight excluding hydrogens is 166 g/mol. The second-order valence-electron chi connectivity index (χ2n) is 3.36. The Hall–Kier alpha value is -0.340. The molecule has 1 nitrogen and oxygen atoms in total. The Balaban J connectivity index is 2.19. The smallest absolute Gasteiger partial charge is 0.0417 e. The van der Waals surface area contributed by atoms with E-state index < -0.39 is 0 Å². The van der Waals surface area contributed by atoms with E-state index in [0.717, 1.165) is 6.54 Å². The Morgan fingerprint density at radius 1 is 1.67 bits per heavy atom. The third-order valence-electron chi connectivity index (χ3n) is 2.46. The first-order valence-corrected chi connectivity index (χ1v) is 5.59. The molecule has 2 heterocycles. The normalized spacial score (nSPS) is 22.2. The second kappa shape index (κ2) is 3.58. The summed E-state index contributed by atoms with van der Waals surface area (Å²) in [6, 6.07) is 2.93. The molecule has 0 spiro atoms. The molecule has 2 rings (SSSR count). The highest BCUT2D eigenvalue weighted by Crippen LogP contribution is 2.30. The molecule has 1 aromatic rings. The van der Waals surface area contributed by atoms with E-state index in [1.807, 2.05) is 11.3 Å². The van der Waals surface area contributed by atoms with Crippen molar-refractivity contribution in [2.24, 2.45) is 0 Å². The van der Waals surface area contributed by atoms with Crippen molar-refractivity contribution in [2.45, 2.75) is 32.2 Å². The molecule has 1 aliphatic rings. The van der Waals surface area contributed by atoms with Gasteiger partial charge in [0.1, 0.15) is 0 Å². The van der Waals surface area contributed by atoms with Crippen LogP contribution in [0.4, 0.5) is 0 Å². The van der Waals surface area contributed by atoms with Crippen LogP contribution in [0.1, 0.15) is 36.2 Å². The lowest BCUT2D eigenvalue weighted by Gasteiger charge is -2.23. The van der Waals surface area contributed by atoms with Crippen molar-refractivity contribution in [1.82, 2.24) is 5.32 Å². The molecule has 1 unspecified atom stereocenters. The summed E-state index contributed by atoms with van der Waals surface area (Å²) in [4.78, 5) is 1.59. The minimum Gasteiger partial charge on any atom is -0.309 e. The lowest BCUT2D eigenvalue weighted by atomic mass is 10.0. The van der Waals surface area contributed by atoms with Crippen LogP contribution < -0.4 is 5.32 Å². The predicted molar refractivity (Wildman–Crippen MR) is 53.7 cm³/mol. The van der Waals surface area contributed by atoms with Crippen molar-refractivity contribution < 1.29 is 0 Å². The fourth-order valence-corrected chi connectivity index (χ4v) is 2.92. The maximum absolute atomic E-state index is 3.57. The lowest BCUT2D eigenvalue weighted by Crippen LogP contribution is -2.28. The molecule has 0 bridgehead atoms. The van der Waals surface area contributed by atoms with Gasteiger partial charge in [0, 0.05) is 10.9 Å². The summed E-state index contributed by atoms with van der Waals surface area (Å²) in [5, 5.41) is 5.80. The van der Waals surface area contributed by atoms with Gasteiger partial charge in [-0.3, -0.25) is 0 Å². The van der Waals surface area contributed by atoms with Gasteiger partial charge in [-0.2, -0.15) is 0 Å². The van der Waals surface area contributed by atoms with Crippen LogP contribution in [-0.2, 0) is 6.42 Å². The fraction of sp³-hybridized carbons (Fsp3) is 0.600. The highest BCUT2D eigenvalue weighted by Gasteiger charge is 2.19. The van der Waals surface area contributed by atoms with Crippen molar-refractivity contribution in [3.05, 3.63) is 21.9 Å². The molecule has 0 amide bonds. The van der Waals surface area contributed by atoms with Gasteiger partial charge in [-0.25, -0.2) is 0 Å². The Kier molecular flexibility index (Phi) is 2.47. The molecule has 0 saturated heterocycles. The number of hydrogen-bond acceptors (Lipinski definition) is 2. The molecule has 66 valence electrons. The third-order valence-corrected chi connectivity index (χ3v) is 3.53. The van der Waals surface area contributed by atoms with Crippen LogP contribution in [0.5, 0.6) is 0 Å². The van der Waals surface area contributed by atoms with Crippen molar-refractivity contribution in [3.8, 4) is 0 Å². The Labute approximate surface area is 77.8 Å². The van der Waals surface area contributed by atoms with Crippen LogP contribution in [0.3, 0.4) is 0 Å². The summed E-state index contributed by atoms with van der Waals surface area (Å²) in [5.74, 6) is 0. The van der Waals surface area contributed by atoms with Gasteiger partial charge in [-0.1, -0.05) is 13.3 Å². The average molecular weight is 181 g/mol. The van der Waals surface area contributed by atoms with Gasteiger partial charge in [-0.05, 0) is 36.4 Å². The zero-order chi connectivity index (χ0) is 8.39. The molecule has 12 heavy (non-hydrogen) atoms. The molecule has 1 atom stereocenters. The second-order valence-corrected chi connectivity index (χ2v) is 4.30. The summed E-state index contributed by atoms with van der Waals surface area (Å²) in [5.41, 5.74) is 1.58. The van der Waals surface area contributed by atoms with E-state index in [-0.39, 0.29) is 0 Å². The standard InChI is InChI=1S/C10H15NS/c1-2-3-9-10-8(4-6-11-9)5-7-12-10/h5,7,9,11H,2-4,6H2,1H3. The molecule has 0 radical (unpaired) electrons. The van der Waals surface area contributed by atoms with Crippen LogP contribution in [0.15, 0.2) is 11.4 Å². The maximum atomic E-state index is 3.57. The van der Waals surface area contributed by atoms with Gasteiger partial charge in [0.05, 0.1) is 0 Å². The van der Waals surface area contributed by atoms with E-state index in [2.05, 4.69) is 23.7 Å². The number of hydrogen-bond donors (Lipinski definition) is 1. The van der Waals surface area contributed by atoms with Gasteiger partial charge in [-0.15, -0.1) is 11.3 Å². The Bertz CT molecular complexity index is 254. The SMILES string of the molecule is CCCC1NCCc2ccsc21. The van der Waals surface area contributed by atoms with Gasteiger partial charge >= 0.3 is 0 Å². The van der Waals surface area contributed by atoms with E-state index in [0.29, 0.717) is 6.04 Å². The monoisotopic (exact) mass is 181 g/mol. The van der Waals surface area contributed by atoms with Crippen LogP contribution in [0, 0.1) is 0 Å². The molecular formula is C10H15NS. The quantitative estimate of drug-likeness (QED) is 0.739. The minimum absolute atomic E-state index is 0.652. The summed E-state index contributed by atoms with van der Waals surface area (Å²) in [6.07, 6.45) is 3.78. The van der Waals surface area contributed by atoms with E-state index in [1.54, 1.807) is 10.4 Å². The minimum atomic E-state index is 0.652. The molecule has 1 N–H and O–H groups in total. The number of nitrogens with one attached hydrogen (secondary N) is 1. The van der Waals surface area contributed by atoms with Gasteiger partial charge in [0.2, 0.25) is 0 Å². The topological polar surface area (TPSA) is 12.0 Å². The van der Waals surface area contributed by atoms with Crippen molar-refractivity contribution in [1.29, 1.82) is 0 Å². The van der Waals surface area contributed by atoms with E-state index >= 15 is 0 Å². The molecule has 0 fully saturated rings. The molecule has 2 heteroatoms. The van der Waals surface area contributed by atoms with E-state index in [4.69, 9.17) is 0 Å². The number of rotatable bonds is 2. The summed E-state index contributed by atoms with van der Waals surface area (Å²) in [7, 11) is 0. The van der Waals surface area contributed by atoms with Crippen molar-refractivity contribution >= 4 is 11.3 Å². The Morgan fingerprint density at radius 2 is 2.58 bits per heavy atom. The largest absolute Gasteiger partial charge is 0.309 e. The molecule has 0 aliphatic carbocycles. The number of thiophene rings is 1. The third kappa shape index (κ3) is 1.41. The van der Waals surface area contributed by atoms with E-state index in [9.17, 15) is 0 Å². The first-order chi connectivity index (χ1) is 5.92. The average Bonchev–Trinajstić information content (AvgIpc) is 2.53. The summed E-state index contributed by atoms with van der Waals surface area (Å²) >= 11 is 1.91. The summed E-state index contributed by atoms with van der Waals surface area (Å²) in [6.45, 7) is 3.41. The highest BCUT2D eigenvalue weighted by atomic mass is 32.1. The lowest BCUT2D eigenvalue weighted by molar-refractivity contribution is 0.479. The van der Waals surface area contributed by atoms with Crippen LogP contribution >= 0.6 is 11.3 Å². The highest BCUT2D eigenvalue weighted by molar-refractivity contribution is 7.10. The predicted octanol–water partition coefficient (Wildman–Crippen LogP) is 2.74. The van der Waals surface area contributed by atoms with Gasteiger partial charge in [0.25, 0.3) is 0 Å². The molecule has 0 saturated carbocycles. The molecule has 0 aromatic carbocycles. The zero-order valence-corrected chi connectivity index (χ0v) is 8.29. The van der Waals surface area contributed by atoms with Gasteiger partial charge in [0.15, 0.2) is 0 Å². The molecule has 1 aliphatic heterocycles. The summed E-state index contributed by atoms with van der Waals surface area (Å²) < 4.78 is 0. The number of fused-ring (bicyclic) bond motifs is 1. The first-order valence-electron chi connectivity index (χ1n) is 4.71. The van der Waals surface area contributed by atoms with Crippen LogP contribution in [0.2, 0.25) is 0 Å². The van der Waals surface area contributed by atoms with E-state index in [1.165, 1.54) is 19.3 Å². The fourth-order valence-electron chi connectivity index (χ4n) is 1.86. The zero-order valence-electron chi connectivity index (χ0n) is 7.47. The maximum Gasteiger partial charge on any atom is 0.0417 e. The van der Waals surface area contributed by atoms with Gasteiger partial charge < -0.3 is 5.32 Å². The Morgan fingerprint density at radius 3 is 3.42 bits per heavy atom. The van der Waals surface area contributed by atoms with Crippen LogP contribution in [0.25, 0.3) is 0 Å². The van der Waals surface area contributed by atoms with Crippen molar-refractivity contribution in [3.63, 3.8) is 0 Å². The first kappa shape index (κ1) is 8.27.